The van der Waals surface area contributed by atoms with Crippen LogP contribution in [0.5, 0.6) is 0 Å². The van der Waals surface area contributed by atoms with E-state index in [1.165, 1.54) is 36.0 Å². The first kappa shape index (κ1) is 20.8. The van der Waals surface area contributed by atoms with Gasteiger partial charge in [-0.25, -0.2) is 4.39 Å². The summed E-state index contributed by atoms with van der Waals surface area (Å²) in [6.45, 7) is 2.38. The van der Waals surface area contributed by atoms with Crippen LogP contribution in [0, 0.1) is 27.3 Å². The Morgan fingerprint density at radius 1 is 1.21 bits per heavy atom. The molecule has 0 radical (unpaired) electrons. The standard InChI is InChI=1S/C20H19FN4O3S/c21-16-3-1-15(2-4-16)19(13-22)23-9-11-24(12-10-23)20(26)14-29-18-7-5-17(6-8-18)25(27)28/h1-8,19H,9-12,14H2/p+1. The number of piperazine rings is 1. The van der Waals surface area contributed by atoms with Crippen molar-refractivity contribution in [2.24, 2.45) is 0 Å². The summed E-state index contributed by atoms with van der Waals surface area (Å²) in [6, 6.07) is 14.0. The number of nitro groups is 1. The second kappa shape index (κ2) is 9.49. The van der Waals surface area contributed by atoms with E-state index in [1.807, 2.05) is 0 Å². The number of hydrogen-bond donors (Lipinski definition) is 1. The average molecular weight is 415 g/mol. The second-order valence-electron chi connectivity index (χ2n) is 6.69. The maximum atomic E-state index is 13.1. The van der Waals surface area contributed by atoms with Crippen molar-refractivity contribution in [2.45, 2.75) is 10.9 Å². The minimum absolute atomic E-state index is 0.00249. The fourth-order valence-corrected chi connectivity index (χ4v) is 4.09. The molecule has 29 heavy (non-hydrogen) atoms. The molecular formula is C20H20FN4O3S+. The summed E-state index contributed by atoms with van der Waals surface area (Å²) in [5.41, 5.74) is 0.797. The van der Waals surface area contributed by atoms with Crippen molar-refractivity contribution < 1.29 is 19.0 Å². The van der Waals surface area contributed by atoms with Gasteiger partial charge in [0.2, 0.25) is 11.9 Å². The molecule has 7 nitrogen and oxygen atoms in total. The normalized spacial score (nSPS) is 15.5. The third-order valence-corrected chi connectivity index (χ3v) is 5.91. The van der Waals surface area contributed by atoms with Crippen LogP contribution in [0.4, 0.5) is 10.1 Å². The Bertz CT molecular complexity index is 907. The van der Waals surface area contributed by atoms with Crippen LogP contribution < -0.4 is 4.90 Å². The second-order valence-corrected chi connectivity index (χ2v) is 7.74. The van der Waals surface area contributed by atoms with Gasteiger partial charge >= 0.3 is 0 Å². The summed E-state index contributed by atoms with van der Waals surface area (Å²) in [7, 11) is 0. The summed E-state index contributed by atoms with van der Waals surface area (Å²) in [6.07, 6.45) is 0. The van der Waals surface area contributed by atoms with Gasteiger partial charge in [0.15, 0.2) is 0 Å². The molecule has 150 valence electrons. The van der Waals surface area contributed by atoms with Crippen LogP contribution in [-0.4, -0.2) is 47.7 Å². The van der Waals surface area contributed by atoms with Crippen molar-refractivity contribution >= 4 is 23.4 Å². The molecule has 1 unspecified atom stereocenters. The Kier molecular flexibility index (Phi) is 6.80. The lowest BCUT2D eigenvalue weighted by molar-refractivity contribution is -0.927. The van der Waals surface area contributed by atoms with Gasteiger partial charge in [-0.1, -0.05) is 0 Å². The van der Waals surface area contributed by atoms with Crippen molar-refractivity contribution in [2.75, 3.05) is 31.9 Å². The van der Waals surface area contributed by atoms with Crippen LogP contribution in [-0.2, 0) is 4.79 Å². The number of nitriles is 1. The molecule has 2 aromatic rings. The number of carbonyl (C=O) groups is 1. The monoisotopic (exact) mass is 415 g/mol. The van der Waals surface area contributed by atoms with Crippen molar-refractivity contribution in [1.29, 1.82) is 5.26 Å². The van der Waals surface area contributed by atoms with E-state index in [9.17, 15) is 24.6 Å². The largest absolute Gasteiger partial charge is 0.331 e. The molecule has 0 aliphatic carbocycles. The van der Waals surface area contributed by atoms with Gasteiger partial charge in [0.25, 0.3) is 5.69 Å². The minimum Gasteiger partial charge on any atom is -0.331 e. The molecule has 3 rings (SSSR count). The molecule has 1 fully saturated rings. The van der Waals surface area contributed by atoms with Gasteiger partial charge in [-0.3, -0.25) is 14.9 Å². The average Bonchev–Trinajstić information content (AvgIpc) is 2.74. The molecule has 1 atom stereocenters. The smallest absolute Gasteiger partial charge is 0.269 e. The first-order chi connectivity index (χ1) is 14.0. The molecule has 2 aromatic carbocycles. The van der Waals surface area contributed by atoms with Crippen molar-refractivity contribution in [3.05, 3.63) is 70.0 Å². The zero-order valence-corrected chi connectivity index (χ0v) is 16.4. The number of rotatable bonds is 6. The quantitative estimate of drug-likeness (QED) is 0.441. The van der Waals surface area contributed by atoms with Crippen LogP contribution in [0.3, 0.4) is 0 Å². The number of quaternary nitrogens is 1. The molecule has 1 N–H and O–H groups in total. The Hall–Kier alpha value is -2.96. The summed E-state index contributed by atoms with van der Waals surface area (Å²) in [4.78, 5) is 26.4. The zero-order valence-electron chi connectivity index (χ0n) is 15.6. The van der Waals surface area contributed by atoms with Crippen LogP contribution in [0.25, 0.3) is 0 Å². The van der Waals surface area contributed by atoms with Gasteiger partial charge in [-0.2, -0.15) is 5.26 Å². The lowest BCUT2D eigenvalue weighted by Crippen LogP contribution is -3.15. The van der Waals surface area contributed by atoms with Gasteiger partial charge in [-0.05, 0) is 36.4 Å². The maximum absolute atomic E-state index is 13.1. The van der Waals surface area contributed by atoms with Crippen LogP contribution in [0.1, 0.15) is 11.6 Å². The number of thioether (sulfide) groups is 1. The number of amides is 1. The van der Waals surface area contributed by atoms with E-state index < -0.39 is 4.92 Å². The van der Waals surface area contributed by atoms with E-state index >= 15 is 0 Å². The van der Waals surface area contributed by atoms with E-state index in [4.69, 9.17) is 0 Å². The third-order valence-electron chi connectivity index (χ3n) is 4.91. The molecule has 1 heterocycles. The van der Waals surface area contributed by atoms with Gasteiger partial charge < -0.3 is 9.80 Å². The number of hydrogen-bond acceptors (Lipinski definition) is 5. The fourth-order valence-electron chi connectivity index (χ4n) is 3.29. The highest BCUT2D eigenvalue weighted by Crippen LogP contribution is 2.21. The number of carbonyl (C=O) groups excluding carboxylic acids is 1. The van der Waals surface area contributed by atoms with E-state index in [0.717, 1.165) is 15.4 Å². The Labute approximate surface area is 171 Å². The molecule has 1 amide bonds. The lowest BCUT2D eigenvalue weighted by atomic mass is 10.1. The number of nitro benzene ring substituents is 1. The predicted molar refractivity (Wildman–Crippen MR) is 106 cm³/mol. The predicted octanol–water partition coefficient (Wildman–Crippen LogP) is 1.82. The number of nitrogens with zero attached hydrogens (tertiary/aromatic N) is 3. The molecule has 0 saturated carbocycles. The fraction of sp³-hybridized carbons (Fsp3) is 0.300. The van der Waals surface area contributed by atoms with E-state index in [-0.39, 0.29) is 29.2 Å². The number of non-ortho nitro benzene ring substituents is 1. The van der Waals surface area contributed by atoms with Crippen molar-refractivity contribution in [1.82, 2.24) is 4.90 Å². The lowest BCUT2D eigenvalue weighted by Gasteiger charge is -2.34. The first-order valence-electron chi connectivity index (χ1n) is 9.12. The van der Waals surface area contributed by atoms with Crippen LogP contribution in [0.15, 0.2) is 53.4 Å². The van der Waals surface area contributed by atoms with Gasteiger partial charge in [0.05, 0.1) is 36.9 Å². The zero-order chi connectivity index (χ0) is 20.8. The van der Waals surface area contributed by atoms with E-state index in [2.05, 4.69) is 6.07 Å². The first-order valence-corrected chi connectivity index (χ1v) is 10.1. The van der Waals surface area contributed by atoms with Crippen molar-refractivity contribution in [3.8, 4) is 6.07 Å². The van der Waals surface area contributed by atoms with E-state index in [1.54, 1.807) is 29.2 Å². The van der Waals surface area contributed by atoms with Gasteiger partial charge in [-0.15, -0.1) is 11.8 Å². The summed E-state index contributed by atoms with van der Waals surface area (Å²) in [5, 5.41) is 20.2. The molecule has 9 heteroatoms. The van der Waals surface area contributed by atoms with E-state index in [0.29, 0.717) is 26.2 Å². The minimum atomic E-state index is -0.456. The molecule has 0 bridgehead atoms. The number of nitrogens with one attached hydrogen (secondary N) is 1. The molecule has 0 aromatic heterocycles. The Morgan fingerprint density at radius 3 is 2.38 bits per heavy atom. The Morgan fingerprint density at radius 2 is 1.83 bits per heavy atom. The molecule has 1 aliphatic heterocycles. The molecule has 1 aliphatic rings. The summed E-state index contributed by atoms with van der Waals surface area (Å²) in [5.74, 6) is -0.0728. The molecule has 0 spiro atoms. The maximum Gasteiger partial charge on any atom is 0.269 e. The van der Waals surface area contributed by atoms with Gasteiger partial charge in [0, 0.05) is 22.6 Å². The highest BCUT2D eigenvalue weighted by molar-refractivity contribution is 8.00. The SMILES string of the molecule is N#CC(c1ccc(F)cc1)[NH+]1CCN(C(=O)CSc2ccc([N+](=O)[O-])cc2)CC1. The Balaban J connectivity index is 1.50. The van der Waals surface area contributed by atoms with Crippen LogP contribution in [0.2, 0.25) is 0 Å². The van der Waals surface area contributed by atoms with Gasteiger partial charge in [0.1, 0.15) is 11.9 Å². The highest BCUT2D eigenvalue weighted by Gasteiger charge is 2.30. The van der Waals surface area contributed by atoms with Crippen molar-refractivity contribution in [3.63, 3.8) is 0 Å². The molecule has 1 saturated heterocycles. The summed E-state index contributed by atoms with van der Waals surface area (Å²) >= 11 is 1.34. The molecular weight excluding hydrogens is 395 g/mol. The number of halogens is 1. The summed E-state index contributed by atoms with van der Waals surface area (Å²) < 4.78 is 13.1. The van der Waals surface area contributed by atoms with Crippen LogP contribution >= 0.6 is 11.8 Å². The topological polar surface area (TPSA) is 91.7 Å². The highest BCUT2D eigenvalue weighted by atomic mass is 32.2. The number of benzene rings is 2. The third kappa shape index (κ3) is 5.31.